The average molecular weight is 354 g/mol. The van der Waals surface area contributed by atoms with Gasteiger partial charge in [0.25, 0.3) is 5.91 Å². The number of hydrogen-bond acceptors (Lipinski definition) is 3. The largest absolute Gasteiger partial charge is 0.467 e. The van der Waals surface area contributed by atoms with Crippen molar-refractivity contribution in [3.63, 3.8) is 0 Å². The molecule has 1 aromatic carbocycles. The lowest BCUT2D eigenvalue weighted by Gasteiger charge is -2.28. The van der Waals surface area contributed by atoms with Crippen LogP contribution in [0.5, 0.6) is 0 Å². The van der Waals surface area contributed by atoms with Crippen molar-refractivity contribution in [1.29, 1.82) is 0 Å². The van der Waals surface area contributed by atoms with E-state index in [1.54, 1.807) is 18.4 Å². The van der Waals surface area contributed by atoms with Gasteiger partial charge in [-0.1, -0.05) is 31.0 Å². The molecule has 1 fully saturated rings. The number of hydrogen-bond donors (Lipinski definition) is 1. The van der Waals surface area contributed by atoms with Gasteiger partial charge in [0, 0.05) is 24.6 Å². The second-order valence-electron chi connectivity index (χ2n) is 6.76. The van der Waals surface area contributed by atoms with Crippen LogP contribution >= 0.6 is 0 Å². The number of rotatable bonds is 8. The maximum Gasteiger partial charge on any atom is 0.251 e. The van der Waals surface area contributed by atoms with Gasteiger partial charge < -0.3 is 14.6 Å². The zero-order valence-electron chi connectivity index (χ0n) is 15.0. The quantitative estimate of drug-likeness (QED) is 0.734. The Morgan fingerprint density at radius 3 is 2.54 bits per heavy atom. The number of carbonyl (C=O) groups is 2. The molecule has 1 aliphatic carbocycles. The van der Waals surface area contributed by atoms with E-state index in [9.17, 15) is 9.59 Å². The van der Waals surface area contributed by atoms with Crippen LogP contribution < -0.4 is 5.32 Å². The third-order valence-corrected chi connectivity index (χ3v) is 4.88. The summed E-state index contributed by atoms with van der Waals surface area (Å²) in [5, 5.41) is 2.88. The maximum atomic E-state index is 12.7. The van der Waals surface area contributed by atoms with Crippen molar-refractivity contribution in [3.05, 3.63) is 60.1 Å². The fraction of sp³-hybridized carbons (Fsp3) is 0.429. The molecule has 26 heavy (non-hydrogen) atoms. The Bertz CT molecular complexity index is 691. The molecular formula is C21H26N2O3. The standard InChI is InChI=1S/C21H26N2O3/c24-20(13-6-14-22-21(25)17-8-2-1-3-9-17)23(18-10-4-5-11-18)16-19-12-7-15-26-19/h1-3,7-9,12,15,18H,4-6,10-11,13-14,16H2,(H,22,25). The molecule has 0 saturated heterocycles. The van der Waals surface area contributed by atoms with Crippen LogP contribution in [0, 0.1) is 0 Å². The van der Waals surface area contributed by atoms with Crippen LogP contribution in [0.2, 0.25) is 0 Å². The first-order chi connectivity index (χ1) is 12.7. The maximum absolute atomic E-state index is 12.7. The van der Waals surface area contributed by atoms with E-state index in [4.69, 9.17) is 4.42 Å². The van der Waals surface area contributed by atoms with Crippen LogP contribution in [0.3, 0.4) is 0 Å². The molecule has 0 atom stereocenters. The molecule has 2 amide bonds. The Morgan fingerprint density at radius 2 is 1.85 bits per heavy atom. The predicted octanol–water partition coefficient (Wildman–Crippen LogP) is 3.76. The Balaban J connectivity index is 1.47. The van der Waals surface area contributed by atoms with E-state index in [0.29, 0.717) is 37.5 Å². The number of carbonyl (C=O) groups excluding carboxylic acids is 2. The third-order valence-electron chi connectivity index (χ3n) is 4.88. The highest BCUT2D eigenvalue weighted by atomic mass is 16.3. The van der Waals surface area contributed by atoms with E-state index in [1.807, 2.05) is 35.2 Å². The van der Waals surface area contributed by atoms with Crippen molar-refractivity contribution < 1.29 is 14.0 Å². The number of benzene rings is 1. The SMILES string of the molecule is O=C(NCCCC(=O)N(Cc1ccco1)C1CCCC1)c1ccccc1. The minimum atomic E-state index is -0.0960. The van der Waals surface area contributed by atoms with Gasteiger partial charge >= 0.3 is 0 Å². The van der Waals surface area contributed by atoms with Crippen LogP contribution in [0.15, 0.2) is 53.1 Å². The lowest BCUT2D eigenvalue weighted by Crippen LogP contribution is -2.38. The molecule has 138 valence electrons. The summed E-state index contributed by atoms with van der Waals surface area (Å²) in [5.41, 5.74) is 0.643. The Labute approximate surface area is 154 Å². The number of nitrogens with zero attached hydrogens (tertiary/aromatic N) is 1. The molecule has 1 aliphatic rings. The summed E-state index contributed by atoms with van der Waals surface area (Å²) in [4.78, 5) is 26.7. The Kier molecular flexibility index (Phi) is 6.47. The first-order valence-electron chi connectivity index (χ1n) is 9.39. The molecule has 0 aliphatic heterocycles. The van der Waals surface area contributed by atoms with E-state index < -0.39 is 0 Å². The van der Waals surface area contributed by atoms with E-state index >= 15 is 0 Å². The van der Waals surface area contributed by atoms with Gasteiger partial charge in [-0.3, -0.25) is 9.59 Å². The normalized spacial score (nSPS) is 14.3. The molecule has 0 radical (unpaired) electrons. The Hall–Kier alpha value is -2.56. The van der Waals surface area contributed by atoms with Crippen molar-refractivity contribution in [2.24, 2.45) is 0 Å². The van der Waals surface area contributed by atoms with Crippen molar-refractivity contribution in [1.82, 2.24) is 10.2 Å². The van der Waals surface area contributed by atoms with Gasteiger partial charge in [0.1, 0.15) is 5.76 Å². The monoisotopic (exact) mass is 354 g/mol. The van der Waals surface area contributed by atoms with Crippen molar-refractivity contribution >= 4 is 11.8 Å². The van der Waals surface area contributed by atoms with Gasteiger partial charge in [-0.25, -0.2) is 0 Å². The molecule has 5 nitrogen and oxygen atoms in total. The molecule has 5 heteroatoms. The summed E-state index contributed by atoms with van der Waals surface area (Å²) >= 11 is 0. The Morgan fingerprint density at radius 1 is 1.08 bits per heavy atom. The average Bonchev–Trinajstić information content (AvgIpc) is 3.37. The van der Waals surface area contributed by atoms with Crippen LogP contribution in [0.1, 0.15) is 54.6 Å². The summed E-state index contributed by atoms with van der Waals surface area (Å²) in [6.45, 7) is 1.03. The highest BCUT2D eigenvalue weighted by Crippen LogP contribution is 2.26. The molecule has 0 unspecified atom stereocenters. The number of furan rings is 1. The van der Waals surface area contributed by atoms with Gasteiger partial charge in [-0.2, -0.15) is 0 Å². The predicted molar refractivity (Wildman–Crippen MR) is 99.5 cm³/mol. The molecule has 1 heterocycles. The second kappa shape index (κ2) is 9.22. The summed E-state index contributed by atoms with van der Waals surface area (Å²) < 4.78 is 5.43. The summed E-state index contributed by atoms with van der Waals surface area (Å²) in [6.07, 6.45) is 7.21. The third kappa shape index (κ3) is 4.97. The van der Waals surface area contributed by atoms with Crippen LogP contribution in [0.25, 0.3) is 0 Å². The van der Waals surface area contributed by atoms with E-state index in [2.05, 4.69) is 5.32 Å². The molecule has 2 aromatic rings. The zero-order chi connectivity index (χ0) is 18.2. The summed E-state index contributed by atoms with van der Waals surface area (Å²) in [6, 6.07) is 13.2. The van der Waals surface area contributed by atoms with Crippen molar-refractivity contribution in [2.75, 3.05) is 6.54 Å². The van der Waals surface area contributed by atoms with E-state index in [0.717, 1.165) is 18.6 Å². The minimum absolute atomic E-state index is 0.0960. The highest BCUT2D eigenvalue weighted by Gasteiger charge is 2.27. The lowest BCUT2D eigenvalue weighted by molar-refractivity contribution is -0.134. The first kappa shape index (κ1) is 18.2. The van der Waals surface area contributed by atoms with Crippen molar-refractivity contribution in [3.8, 4) is 0 Å². The van der Waals surface area contributed by atoms with Crippen LogP contribution in [0.4, 0.5) is 0 Å². The number of nitrogens with one attached hydrogen (secondary N) is 1. The topological polar surface area (TPSA) is 62.6 Å². The molecule has 1 saturated carbocycles. The molecule has 3 rings (SSSR count). The fourth-order valence-corrected chi connectivity index (χ4v) is 3.48. The van der Waals surface area contributed by atoms with Crippen molar-refractivity contribution in [2.45, 2.75) is 51.1 Å². The zero-order valence-corrected chi connectivity index (χ0v) is 15.0. The minimum Gasteiger partial charge on any atom is -0.467 e. The molecule has 0 bridgehead atoms. The van der Waals surface area contributed by atoms with Gasteiger partial charge in [0.05, 0.1) is 12.8 Å². The number of amides is 2. The van der Waals surface area contributed by atoms with Gasteiger partial charge in [-0.15, -0.1) is 0 Å². The second-order valence-corrected chi connectivity index (χ2v) is 6.76. The molecule has 1 aromatic heterocycles. The molecule has 1 N–H and O–H groups in total. The van der Waals surface area contributed by atoms with Crippen LogP contribution in [-0.4, -0.2) is 29.3 Å². The molecular weight excluding hydrogens is 328 g/mol. The lowest BCUT2D eigenvalue weighted by atomic mass is 10.1. The van der Waals surface area contributed by atoms with E-state index in [1.165, 1.54) is 12.8 Å². The molecule has 0 spiro atoms. The first-order valence-corrected chi connectivity index (χ1v) is 9.39. The van der Waals surface area contributed by atoms with Gasteiger partial charge in [-0.05, 0) is 43.5 Å². The summed E-state index contributed by atoms with van der Waals surface area (Å²) in [7, 11) is 0. The fourth-order valence-electron chi connectivity index (χ4n) is 3.48. The van der Waals surface area contributed by atoms with Gasteiger partial charge in [0.15, 0.2) is 0 Å². The van der Waals surface area contributed by atoms with Crippen LogP contribution in [-0.2, 0) is 11.3 Å². The summed E-state index contributed by atoms with van der Waals surface area (Å²) in [5.74, 6) is 0.867. The van der Waals surface area contributed by atoms with Gasteiger partial charge in [0.2, 0.25) is 5.91 Å². The van der Waals surface area contributed by atoms with E-state index in [-0.39, 0.29) is 11.8 Å². The smallest absolute Gasteiger partial charge is 0.251 e. The highest BCUT2D eigenvalue weighted by molar-refractivity contribution is 5.94.